The summed E-state index contributed by atoms with van der Waals surface area (Å²) in [5.74, 6) is 1.21. The Bertz CT molecular complexity index is 419. The third-order valence-electron chi connectivity index (χ3n) is 2.01. The van der Waals surface area contributed by atoms with Gasteiger partial charge in [0.25, 0.3) is 0 Å². The van der Waals surface area contributed by atoms with Crippen LogP contribution in [0.1, 0.15) is 12.7 Å². The summed E-state index contributed by atoms with van der Waals surface area (Å²) in [6.07, 6.45) is 0.819. The number of aryl methyl sites for hydroxylation is 1. The first-order valence-corrected chi connectivity index (χ1v) is 4.58. The first kappa shape index (κ1) is 8.74. The zero-order chi connectivity index (χ0) is 9.97. The van der Waals surface area contributed by atoms with Crippen molar-refractivity contribution in [3.05, 3.63) is 36.2 Å². The molecule has 2 N–H and O–H groups in total. The molecule has 4 heteroatoms. The maximum atomic E-state index is 5.55. The molecule has 1 heterocycles. The van der Waals surface area contributed by atoms with E-state index in [2.05, 4.69) is 10.1 Å². The van der Waals surface area contributed by atoms with Crippen molar-refractivity contribution in [2.24, 2.45) is 0 Å². The average Bonchev–Trinajstić information content (AvgIpc) is 2.61. The molecule has 0 spiro atoms. The van der Waals surface area contributed by atoms with Gasteiger partial charge in [0.15, 0.2) is 0 Å². The second-order valence-corrected chi connectivity index (χ2v) is 2.99. The van der Waals surface area contributed by atoms with Gasteiger partial charge in [-0.25, -0.2) is 4.68 Å². The van der Waals surface area contributed by atoms with Gasteiger partial charge in [-0.3, -0.25) is 0 Å². The minimum absolute atomic E-state index is 0.325. The Hall–Kier alpha value is -1.84. The van der Waals surface area contributed by atoms with Gasteiger partial charge in [-0.2, -0.15) is 4.98 Å². The zero-order valence-electron chi connectivity index (χ0n) is 8.01. The quantitative estimate of drug-likeness (QED) is 0.775. The second-order valence-electron chi connectivity index (χ2n) is 2.99. The van der Waals surface area contributed by atoms with Crippen molar-refractivity contribution in [2.75, 3.05) is 5.73 Å². The molecule has 0 saturated heterocycles. The van der Waals surface area contributed by atoms with E-state index in [-0.39, 0.29) is 0 Å². The van der Waals surface area contributed by atoms with Crippen molar-refractivity contribution in [3.63, 3.8) is 0 Å². The highest BCUT2D eigenvalue weighted by molar-refractivity contribution is 5.33. The van der Waals surface area contributed by atoms with Crippen LogP contribution in [0.5, 0.6) is 0 Å². The minimum atomic E-state index is 0.325. The van der Waals surface area contributed by atoms with Crippen LogP contribution in [-0.4, -0.2) is 14.8 Å². The van der Waals surface area contributed by atoms with Crippen molar-refractivity contribution in [2.45, 2.75) is 13.3 Å². The monoisotopic (exact) mass is 188 g/mol. The molecule has 0 atom stereocenters. The van der Waals surface area contributed by atoms with Crippen molar-refractivity contribution >= 4 is 5.95 Å². The van der Waals surface area contributed by atoms with E-state index in [9.17, 15) is 0 Å². The third kappa shape index (κ3) is 1.46. The molecule has 2 aromatic rings. The van der Waals surface area contributed by atoms with Crippen LogP contribution < -0.4 is 5.73 Å². The van der Waals surface area contributed by atoms with Gasteiger partial charge in [0.2, 0.25) is 5.95 Å². The van der Waals surface area contributed by atoms with Crippen LogP contribution in [0.25, 0.3) is 5.69 Å². The van der Waals surface area contributed by atoms with Gasteiger partial charge in [-0.05, 0) is 12.1 Å². The molecule has 0 aliphatic carbocycles. The lowest BCUT2D eigenvalue weighted by molar-refractivity contribution is 0.803. The maximum Gasteiger partial charge on any atom is 0.240 e. The third-order valence-corrected chi connectivity index (χ3v) is 2.01. The summed E-state index contributed by atoms with van der Waals surface area (Å²) in [6.45, 7) is 2.03. The Morgan fingerprint density at radius 1 is 1.29 bits per heavy atom. The molecule has 1 aromatic heterocycles. The predicted molar refractivity (Wildman–Crippen MR) is 55.1 cm³/mol. The van der Waals surface area contributed by atoms with Crippen LogP contribution in [-0.2, 0) is 6.42 Å². The van der Waals surface area contributed by atoms with Gasteiger partial charge in [0.1, 0.15) is 5.82 Å². The smallest absolute Gasteiger partial charge is 0.240 e. The highest BCUT2D eigenvalue weighted by atomic mass is 15.4. The van der Waals surface area contributed by atoms with Gasteiger partial charge in [0.05, 0.1) is 5.69 Å². The molecular formula is C10H12N4. The first-order valence-electron chi connectivity index (χ1n) is 4.58. The molecule has 0 bridgehead atoms. The Balaban J connectivity index is 2.51. The van der Waals surface area contributed by atoms with E-state index in [1.165, 1.54) is 0 Å². The van der Waals surface area contributed by atoms with E-state index < -0.39 is 0 Å². The summed E-state index contributed by atoms with van der Waals surface area (Å²) in [6, 6.07) is 9.86. The largest absolute Gasteiger partial charge is 0.366 e. The number of aromatic nitrogens is 3. The summed E-state index contributed by atoms with van der Waals surface area (Å²) in [4.78, 5) is 4.14. The SMILES string of the molecule is CCc1nc(N)nn1-c1ccccc1. The van der Waals surface area contributed by atoms with Crippen LogP contribution in [0.15, 0.2) is 30.3 Å². The van der Waals surface area contributed by atoms with E-state index in [4.69, 9.17) is 5.73 Å². The molecule has 0 aliphatic rings. The zero-order valence-corrected chi connectivity index (χ0v) is 8.01. The molecular weight excluding hydrogens is 176 g/mol. The number of para-hydroxylation sites is 1. The standard InChI is InChI=1S/C10H12N4/c1-2-9-12-10(11)13-14(9)8-6-4-3-5-7-8/h3-7H,2H2,1H3,(H2,11,13). The maximum absolute atomic E-state index is 5.55. The number of nitrogens with zero attached hydrogens (tertiary/aromatic N) is 3. The summed E-state index contributed by atoms with van der Waals surface area (Å²) < 4.78 is 1.77. The van der Waals surface area contributed by atoms with E-state index in [0.29, 0.717) is 5.95 Å². The molecule has 0 fully saturated rings. The fourth-order valence-corrected chi connectivity index (χ4v) is 1.37. The second kappa shape index (κ2) is 3.49. The Morgan fingerprint density at radius 2 is 2.00 bits per heavy atom. The van der Waals surface area contributed by atoms with Crippen molar-refractivity contribution in [1.82, 2.24) is 14.8 Å². The molecule has 4 nitrogen and oxygen atoms in total. The van der Waals surface area contributed by atoms with E-state index in [1.807, 2.05) is 37.3 Å². The Morgan fingerprint density at radius 3 is 2.64 bits per heavy atom. The molecule has 0 aliphatic heterocycles. The predicted octanol–water partition coefficient (Wildman–Crippen LogP) is 1.41. The molecule has 1 aromatic carbocycles. The van der Waals surface area contributed by atoms with Crippen molar-refractivity contribution < 1.29 is 0 Å². The normalized spacial score (nSPS) is 10.4. The van der Waals surface area contributed by atoms with Gasteiger partial charge >= 0.3 is 0 Å². The van der Waals surface area contributed by atoms with Crippen molar-refractivity contribution in [3.8, 4) is 5.69 Å². The molecule has 0 amide bonds. The Kier molecular flexibility index (Phi) is 2.18. The molecule has 0 radical (unpaired) electrons. The summed E-state index contributed by atoms with van der Waals surface area (Å²) in [7, 11) is 0. The summed E-state index contributed by atoms with van der Waals surface area (Å²) in [5.41, 5.74) is 6.54. The van der Waals surface area contributed by atoms with Gasteiger partial charge in [-0.1, -0.05) is 25.1 Å². The molecule has 0 unspecified atom stereocenters. The van der Waals surface area contributed by atoms with Crippen molar-refractivity contribution in [1.29, 1.82) is 0 Å². The van der Waals surface area contributed by atoms with Gasteiger partial charge in [0, 0.05) is 6.42 Å². The number of hydrogen-bond acceptors (Lipinski definition) is 3. The number of hydrogen-bond donors (Lipinski definition) is 1. The van der Waals surface area contributed by atoms with Crippen LogP contribution in [0.2, 0.25) is 0 Å². The lowest BCUT2D eigenvalue weighted by atomic mass is 10.3. The number of rotatable bonds is 2. The average molecular weight is 188 g/mol. The number of nitrogens with two attached hydrogens (primary N) is 1. The first-order chi connectivity index (χ1) is 6.81. The topological polar surface area (TPSA) is 56.7 Å². The molecule has 72 valence electrons. The number of nitrogen functional groups attached to an aromatic ring is 1. The molecule has 2 rings (SSSR count). The van der Waals surface area contributed by atoms with Crippen LogP contribution in [0.3, 0.4) is 0 Å². The fourth-order valence-electron chi connectivity index (χ4n) is 1.37. The lowest BCUT2D eigenvalue weighted by Crippen LogP contribution is -2.01. The summed E-state index contributed by atoms with van der Waals surface area (Å²) >= 11 is 0. The highest BCUT2D eigenvalue weighted by Gasteiger charge is 2.06. The molecule has 14 heavy (non-hydrogen) atoms. The van der Waals surface area contributed by atoms with Crippen LogP contribution in [0, 0.1) is 0 Å². The van der Waals surface area contributed by atoms with Gasteiger partial charge < -0.3 is 5.73 Å². The van der Waals surface area contributed by atoms with E-state index >= 15 is 0 Å². The fraction of sp³-hybridized carbons (Fsp3) is 0.200. The Labute approximate surface area is 82.4 Å². The number of benzene rings is 1. The lowest BCUT2D eigenvalue weighted by Gasteiger charge is -2.02. The van der Waals surface area contributed by atoms with Gasteiger partial charge in [-0.15, -0.1) is 5.10 Å². The minimum Gasteiger partial charge on any atom is -0.366 e. The number of anilines is 1. The molecule has 0 saturated carbocycles. The van der Waals surface area contributed by atoms with E-state index in [0.717, 1.165) is 17.9 Å². The van der Waals surface area contributed by atoms with E-state index in [1.54, 1.807) is 4.68 Å². The van der Waals surface area contributed by atoms with Crippen LogP contribution >= 0.6 is 0 Å². The summed E-state index contributed by atoms with van der Waals surface area (Å²) in [5, 5.41) is 4.14. The van der Waals surface area contributed by atoms with Crippen LogP contribution in [0.4, 0.5) is 5.95 Å². The highest BCUT2D eigenvalue weighted by Crippen LogP contribution is 2.10.